The van der Waals surface area contributed by atoms with Crippen molar-refractivity contribution in [3.8, 4) is 5.00 Å². The van der Waals surface area contributed by atoms with Crippen LogP contribution in [0.2, 0.25) is 0 Å². The van der Waals surface area contributed by atoms with Gasteiger partial charge in [0.1, 0.15) is 5.00 Å². The average Bonchev–Trinajstić information content (AvgIpc) is 3.42. The van der Waals surface area contributed by atoms with Crippen LogP contribution in [0.1, 0.15) is 53.4 Å². The third-order valence-electron chi connectivity index (χ3n) is 6.36. The van der Waals surface area contributed by atoms with Crippen molar-refractivity contribution < 1.29 is 4.79 Å². The number of carbonyl (C=O) groups is 1. The summed E-state index contributed by atoms with van der Waals surface area (Å²) in [6.07, 6.45) is 6.07. The number of anilines is 1. The average molecular weight is 437 g/mol. The maximum atomic E-state index is 13.0. The number of likely N-dealkylation sites (N-methyl/N-ethyl adjacent to an activating group) is 1. The summed E-state index contributed by atoms with van der Waals surface area (Å²) in [4.78, 5) is 16.9. The first-order valence-electron chi connectivity index (χ1n) is 11.2. The van der Waals surface area contributed by atoms with Crippen LogP contribution in [0.4, 0.5) is 10.5 Å². The van der Waals surface area contributed by atoms with Crippen molar-refractivity contribution in [2.75, 3.05) is 18.4 Å². The van der Waals surface area contributed by atoms with Gasteiger partial charge in [0, 0.05) is 41.6 Å². The van der Waals surface area contributed by atoms with Crippen LogP contribution in [-0.2, 0) is 13.0 Å². The fraction of sp³-hybridized carbons (Fsp3) is 0.400. The number of nitrogens with one attached hydrogen (secondary N) is 2. The van der Waals surface area contributed by atoms with Gasteiger partial charge in [0.25, 0.3) is 0 Å². The van der Waals surface area contributed by atoms with Crippen LogP contribution < -0.4 is 10.6 Å². The molecule has 0 fully saturated rings. The van der Waals surface area contributed by atoms with Crippen LogP contribution >= 0.6 is 11.3 Å². The Morgan fingerprint density at radius 2 is 1.94 bits per heavy atom. The van der Waals surface area contributed by atoms with E-state index >= 15 is 0 Å². The Bertz CT molecular complexity index is 1050. The van der Waals surface area contributed by atoms with Crippen molar-refractivity contribution in [3.63, 3.8) is 0 Å². The van der Waals surface area contributed by atoms with Gasteiger partial charge in [-0.15, -0.1) is 11.3 Å². The molecule has 1 aliphatic rings. The van der Waals surface area contributed by atoms with Crippen molar-refractivity contribution in [3.05, 3.63) is 69.9 Å². The number of rotatable bonds is 6. The number of aromatic nitrogens is 1. The summed E-state index contributed by atoms with van der Waals surface area (Å²) in [7, 11) is 0. The molecule has 4 rings (SSSR count). The van der Waals surface area contributed by atoms with E-state index in [-0.39, 0.29) is 12.1 Å². The van der Waals surface area contributed by atoms with Gasteiger partial charge >= 0.3 is 6.03 Å². The number of hydrogen-bond acceptors (Lipinski definition) is 3. The van der Waals surface area contributed by atoms with Crippen molar-refractivity contribution >= 4 is 23.1 Å². The minimum absolute atomic E-state index is 0.0318. The van der Waals surface area contributed by atoms with Gasteiger partial charge in [-0.1, -0.05) is 26.0 Å². The molecular weight excluding hydrogens is 404 g/mol. The molecule has 1 aromatic carbocycles. The fourth-order valence-electron chi connectivity index (χ4n) is 4.34. The van der Waals surface area contributed by atoms with Crippen molar-refractivity contribution in [2.45, 2.75) is 53.1 Å². The van der Waals surface area contributed by atoms with E-state index in [2.05, 4.69) is 71.5 Å². The molecule has 1 aliphatic heterocycles. The topological polar surface area (TPSA) is 49.3 Å². The molecule has 6 heteroatoms. The summed E-state index contributed by atoms with van der Waals surface area (Å²) in [5.41, 5.74) is 5.85. The number of hydrogen-bond donors (Lipinski definition) is 2. The SMILES string of the molecule is CCC(NC(=O)Nc1cccc(C)c1C)c1c(-n2cccc2)sc2c1CCN(CC)C2. The molecule has 0 bridgehead atoms. The molecule has 2 amide bonds. The summed E-state index contributed by atoms with van der Waals surface area (Å²) < 4.78 is 2.20. The minimum Gasteiger partial charge on any atom is -0.331 e. The normalized spacial score (nSPS) is 14.8. The predicted octanol–water partition coefficient (Wildman–Crippen LogP) is 5.81. The van der Waals surface area contributed by atoms with E-state index < -0.39 is 0 Å². The number of nitrogens with zero attached hydrogens (tertiary/aromatic N) is 2. The molecule has 1 unspecified atom stereocenters. The molecule has 2 N–H and O–H groups in total. The van der Waals surface area contributed by atoms with Crippen LogP contribution in [0.3, 0.4) is 0 Å². The van der Waals surface area contributed by atoms with Gasteiger partial charge in [-0.2, -0.15) is 0 Å². The number of fused-ring (bicyclic) bond motifs is 1. The largest absolute Gasteiger partial charge is 0.331 e. The van der Waals surface area contributed by atoms with Gasteiger partial charge in [0.2, 0.25) is 0 Å². The van der Waals surface area contributed by atoms with Crippen molar-refractivity contribution in [2.24, 2.45) is 0 Å². The third-order valence-corrected chi connectivity index (χ3v) is 7.60. The maximum Gasteiger partial charge on any atom is 0.319 e. The van der Waals surface area contributed by atoms with Crippen LogP contribution in [0.25, 0.3) is 5.00 Å². The highest BCUT2D eigenvalue weighted by atomic mass is 32.1. The minimum atomic E-state index is -0.148. The first-order chi connectivity index (χ1) is 15.0. The number of carbonyl (C=O) groups excluding carboxylic acids is 1. The van der Waals surface area contributed by atoms with Crippen molar-refractivity contribution in [1.29, 1.82) is 0 Å². The quantitative estimate of drug-likeness (QED) is 0.512. The highest BCUT2D eigenvalue weighted by Crippen LogP contribution is 2.40. The van der Waals surface area contributed by atoms with Gasteiger partial charge in [-0.25, -0.2) is 4.79 Å². The Morgan fingerprint density at radius 1 is 1.16 bits per heavy atom. The maximum absolute atomic E-state index is 13.0. The van der Waals surface area contributed by atoms with Crippen LogP contribution in [-0.4, -0.2) is 28.6 Å². The third kappa shape index (κ3) is 4.41. The summed E-state index contributed by atoms with van der Waals surface area (Å²) >= 11 is 1.87. The van der Waals surface area contributed by atoms with E-state index in [1.165, 1.54) is 26.6 Å². The molecule has 5 nitrogen and oxygen atoms in total. The van der Waals surface area contributed by atoms with E-state index in [4.69, 9.17) is 0 Å². The zero-order chi connectivity index (χ0) is 22.0. The lowest BCUT2D eigenvalue weighted by Gasteiger charge is -2.27. The zero-order valence-corrected chi connectivity index (χ0v) is 19.7. The Hall–Kier alpha value is -2.57. The molecule has 2 aromatic heterocycles. The number of benzene rings is 1. The molecule has 0 saturated heterocycles. The molecule has 3 heterocycles. The first kappa shape index (κ1) is 21.7. The number of aryl methyl sites for hydroxylation is 1. The smallest absolute Gasteiger partial charge is 0.319 e. The van der Waals surface area contributed by atoms with Gasteiger partial charge in [0.05, 0.1) is 6.04 Å². The lowest BCUT2D eigenvalue weighted by Crippen LogP contribution is -2.34. The zero-order valence-electron chi connectivity index (χ0n) is 18.9. The second-order valence-corrected chi connectivity index (χ2v) is 9.32. The Kier molecular flexibility index (Phi) is 6.49. The second-order valence-electron chi connectivity index (χ2n) is 8.24. The Morgan fingerprint density at radius 3 is 2.65 bits per heavy atom. The lowest BCUT2D eigenvalue weighted by molar-refractivity contribution is 0.247. The molecule has 0 spiro atoms. The summed E-state index contributed by atoms with van der Waals surface area (Å²) in [6.45, 7) is 11.6. The van der Waals surface area contributed by atoms with E-state index in [9.17, 15) is 4.79 Å². The molecule has 164 valence electrons. The predicted molar refractivity (Wildman–Crippen MR) is 129 cm³/mol. The van der Waals surface area contributed by atoms with E-state index in [1.807, 2.05) is 30.4 Å². The van der Waals surface area contributed by atoms with Gasteiger partial charge in [-0.05, 0) is 68.1 Å². The van der Waals surface area contributed by atoms with Gasteiger partial charge in [0.15, 0.2) is 0 Å². The summed E-state index contributed by atoms with van der Waals surface area (Å²) in [6, 6.07) is 9.94. The molecule has 0 radical (unpaired) electrons. The number of thiophene rings is 1. The lowest BCUT2D eigenvalue weighted by atomic mass is 9.96. The van der Waals surface area contributed by atoms with Crippen LogP contribution in [0, 0.1) is 13.8 Å². The van der Waals surface area contributed by atoms with Gasteiger partial charge in [-0.3, -0.25) is 4.90 Å². The molecule has 0 aliphatic carbocycles. The van der Waals surface area contributed by atoms with Crippen LogP contribution in [0.5, 0.6) is 0 Å². The summed E-state index contributed by atoms with van der Waals surface area (Å²) in [5.74, 6) is 0. The fourth-order valence-corrected chi connectivity index (χ4v) is 5.76. The molecule has 3 aromatic rings. The second kappa shape index (κ2) is 9.28. The first-order valence-corrected chi connectivity index (χ1v) is 12.0. The standard InChI is InChI=1S/C25H32N4OS/c1-5-20(26-25(30)27-21-11-9-10-17(3)18(21)4)23-19-12-15-28(6-2)16-22(19)31-24(23)29-13-7-8-14-29/h7-11,13-14,20H,5-6,12,15-16H2,1-4H3,(H2,26,27,30). The highest BCUT2D eigenvalue weighted by molar-refractivity contribution is 7.15. The van der Waals surface area contributed by atoms with Crippen molar-refractivity contribution in [1.82, 2.24) is 14.8 Å². The molecule has 31 heavy (non-hydrogen) atoms. The Labute approximate surface area is 189 Å². The highest BCUT2D eigenvalue weighted by Gasteiger charge is 2.29. The molecule has 1 atom stereocenters. The monoisotopic (exact) mass is 436 g/mol. The van der Waals surface area contributed by atoms with E-state index in [1.54, 1.807) is 0 Å². The van der Waals surface area contributed by atoms with Gasteiger partial charge < -0.3 is 15.2 Å². The van der Waals surface area contributed by atoms with Crippen LogP contribution in [0.15, 0.2) is 42.7 Å². The summed E-state index contributed by atoms with van der Waals surface area (Å²) in [5, 5.41) is 7.57. The molecule has 0 saturated carbocycles. The Balaban J connectivity index is 1.64. The molecular formula is C25H32N4OS. The number of urea groups is 1. The van der Waals surface area contributed by atoms with E-state index in [0.29, 0.717) is 0 Å². The van der Waals surface area contributed by atoms with E-state index in [0.717, 1.165) is 43.7 Å². The number of amides is 2.